The van der Waals surface area contributed by atoms with Crippen LogP contribution in [-0.4, -0.2) is 89.5 Å². The van der Waals surface area contributed by atoms with E-state index >= 15 is 0 Å². The number of carbonyl (C=O) groups excluding carboxylic acids is 3. The Morgan fingerprint density at radius 3 is 2.48 bits per heavy atom. The Morgan fingerprint density at radius 1 is 1.02 bits per heavy atom. The first-order valence-corrected chi connectivity index (χ1v) is 16.0. The molecule has 10 nitrogen and oxygen atoms in total. The van der Waals surface area contributed by atoms with Crippen LogP contribution in [0.3, 0.4) is 0 Å². The van der Waals surface area contributed by atoms with Gasteiger partial charge in [0.05, 0.1) is 11.4 Å². The molecular weight excluding hydrogens is 573 g/mol. The molecule has 1 saturated heterocycles. The molecule has 4 rings (SSSR count). The zero-order valence-corrected chi connectivity index (χ0v) is 26.4. The van der Waals surface area contributed by atoms with Gasteiger partial charge >= 0.3 is 12.1 Å². The fourth-order valence-electron chi connectivity index (χ4n) is 4.50. The summed E-state index contributed by atoms with van der Waals surface area (Å²) in [7, 11) is 2.14. The second-order valence-electron chi connectivity index (χ2n) is 11.5. The molecule has 3 aromatic rings. The van der Waals surface area contributed by atoms with E-state index in [-0.39, 0.29) is 18.2 Å². The van der Waals surface area contributed by atoms with Crippen LogP contribution in [0, 0.1) is 0 Å². The molecule has 0 aromatic carbocycles. The quantitative estimate of drug-likeness (QED) is 0.270. The molecule has 0 atom stereocenters. The minimum Gasteiger partial charge on any atom is -0.444 e. The number of hydrogen-bond donors (Lipinski definition) is 2. The van der Waals surface area contributed by atoms with Gasteiger partial charge in [0, 0.05) is 62.6 Å². The highest BCUT2D eigenvalue weighted by Crippen LogP contribution is 2.24. The highest BCUT2D eigenvalue weighted by Gasteiger charge is 2.20. The lowest BCUT2D eigenvalue weighted by Crippen LogP contribution is -2.45. The molecule has 0 aliphatic carbocycles. The third kappa shape index (κ3) is 9.90. The fourth-order valence-corrected chi connectivity index (χ4v) is 5.87. The van der Waals surface area contributed by atoms with Crippen LogP contribution in [0.2, 0.25) is 0 Å². The van der Waals surface area contributed by atoms with Crippen molar-refractivity contribution >= 4 is 52.0 Å². The second-order valence-corrected chi connectivity index (χ2v) is 13.0. The lowest BCUT2D eigenvalue weighted by atomic mass is 10.1. The van der Waals surface area contributed by atoms with Crippen LogP contribution < -0.4 is 10.6 Å². The third-order valence-corrected chi connectivity index (χ3v) is 8.25. The topological polar surface area (TPSA) is 107 Å². The third-order valence-electron chi connectivity index (χ3n) is 6.77. The number of nitrogens with one attached hydrogen (secondary N) is 2. The van der Waals surface area contributed by atoms with Crippen molar-refractivity contribution in [1.82, 2.24) is 19.7 Å². The number of carbonyl (C=O) groups is 3. The van der Waals surface area contributed by atoms with Gasteiger partial charge in [-0.1, -0.05) is 6.07 Å². The predicted molar refractivity (Wildman–Crippen MR) is 169 cm³/mol. The first kappa shape index (κ1) is 31.6. The van der Waals surface area contributed by atoms with Crippen LogP contribution in [0.15, 0.2) is 45.9 Å². The number of ketones is 1. The van der Waals surface area contributed by atoms with Crippen LogP contribution in [-0.2, 0) is 17.7 Å². The van der Waals surface area contributed by atoms with Gasteiger partial charge in [-0.25, -0.2) is 9.59 Å². The predicted octanol–water partition coefficient (Wildman–Crippen LogP) is 5.65. The lowest BCUT2D eigenvalue weighted by Gasteiger charge is -2.33. The Labute approximate surface area is 255 Å². The maximum absolute atomic E-state index is 13.2. The average molecular weight is 613 g/mol. The van der Waals surface area contributed by atoms with E-state index in [4.69, 9.17) is 4.74 Å². The van der Waals surface area contributed by atoms with Gasteiger partial charge in [-0.05, 0) is 74.8 Å². The number of ether oxygens (including phenoxy) is 1. The molecule has 3 aromatic heterocycles. The minimum absolute atomic E-state index is 0.0996. The normalized spacial score (nSPS) is 14.4. The zero-order chi connectivity index (χ0) is 30.1. The summed E-state index contributed by atoms with van der Waals surface area (Å²) in [4.78, 5) is 49.4. The van der Waals surface area contributed by atoms with Crippen LogP contribution in [0.1, 0.15) is 48.8 Å². The van der Waals surface area contributed by atoms with E-state index in [1.165, 1.54) is 22.7 Å². The molecule has 42 heavy (non-hydrogen) atoms. The lowest BCUT2D eigenvalue weighted by molar-refractivity contribution is 0.0635. The van der Waals surface area contributed by atoms with Crippen molar-refractivity contribution in [1.29, 1.82) is 0 Å². The molecule has 1 aliphatic heterocycles. The van der Waals surface area contributed by atoms with Gasteiger partial charge in [0.15, 0.2) is 5.78 Å². The van der Waals surface area contributed by atoms with Gasteiger partial charge in [-0.15, -0.1) is 11.3 Å². The fraction of sp³-hybridized carbons (Fsp3) is 0.467. The number of rotatable bonds is 11. The van der Waals surface area contributed by atoms with Crippen LogP contribution >= 0.6 is 22.7 Å². The Bertz CT molecular complexity index is 1310. The number of thiophene rings is 2. The Balaban J connectivity index is 1.35. The summed E-state index contributed by atoms with van der Waals surface area (Å²) in [6.07, 6.45) is 2.06. The molecule has 226 valence electrons. The van der Waals surface area contributed by atoms with Crippen molar-refractivity contribution in [3.63, 3.8) is 0 Å². The summed E-state index contributed by atoms with van der Waals surface area (Å²) in [5.41, 5.74) is 2.60. The highest BCUT2D eigenvalue weighted by molar-refractivity contribution is 7.08. The van der Waals surface area contributed by atoms with E-state index < -0.39 is 11.7 Å². The number of piperazine rings is 1. The molecule has 1 aliphatic rings. The van der Waals surface area contributed by atoms with Crippen molar-refractivity contribution in [2.24, 2.45) is 0 Å². The summed E-state index contributed by atoms with van der Waals surface area (Å²) in [5.74, 6) is -0.161. The maximum Gasteiger partial charge on any atom is 0.412 e. The molecule has 0 radical (unpaired) electrons. The SMILES string of the molecule is CN1CCN(CCCN(Cc2ccc(C(=O)Cc3cscc3NC(=O)OC(C)(C)C)nc2)C(=O)Nc2ccsc2)CC1. The zero-order valence-electron chi connectivity index (χ0n) is 24.7. The van der Waals surface area contributed by atoms with E-state index in [1.54, 1.807) is 43.3 Å². The molecule has 0 saturated carbocycles. The number of anilines is 2. The van der Waals surface area contributed by atoms with Crippen LogP contribution in [0.5, 0.6) is 0 Å². The van der Waals surface area contributed by atoms with E-state index in [0.717, 1.165) is 50.4 Å². The van der Waals surface area contributed by atoms with Crippen molar-refractivity contribution in [2.45, 2.75) is 45.8 Å². The van der Waals surface area contributed by atoms with Gasteiger partial charge < -0.3 is 24.8 Å². The van der Waals surface area contributed by atoms with Gasteiger partial charge in [0.1, 0.15) is 11.3 Å². The van der Waals surface area contributed by atoms with E-state index in [2.05, 4.69) is 32.5 Å². The van der Waals surface area contributed by atoms with Crippen molar-refractivity contribution < 1.29 is 19.1 Å². The standard InChI is InChI=1S/C30H40N6O4S2/c1-30(2,3)40-29(39)33-26-21-42-19-23(26)16-27(37)25-7-6-22(17-31-25)18-36(28(38)32-24-8-15-41-20-24)10-5-9-35-13-11-34(4)12-14-35/h6-8,15,17,19-21H,5,9-14,16,18H2,1-4H3,(H,32,38)(H,33,39). The van der Waals surface area contributed by atoms with E-state index in [0.29, 0.717) is 30.0 Å². The number of urea groups is 1. The average Bonchev–Trinajstić information content (AvgIpc) is 3.60. The number of amides is 3. The smallest absolute Gasteiger partial charge is 0.412 e. The van der Waals surface area contributed by atoms with Crippen molar-refractivity contribution in [3.8, 4) is 0 Å². The monoisotopic (exact) mass is 612 g/mol. The van der Waals surface area contributed by atoms with Gasteiger partial charge in [-0.3, -0.25) is 15.1 Å². The molecule has 0 bridgehead atoms. The summed E-state index contributed by atoms with van der Waals surface area (Å²) in [5, 5.41) is 13.2. The largest absolute Gasteiger partial charge is 0.444 e. The molecular formula is C30H40N6O4S2. The van der Waals surface area contributed by atoms with Gasteiger partial charge in [0.25, 0.3) is 0 Å². The summed E-state index contributed by atoms with van der Waals surface area (Å²) < 4.78 is 5.33. The van der Waals surface area contributed by atoms with Gasteiger partial charge in [-0.2, -0.15) is 11.3 Å². The molecule has 2 N–H and O–H groups in total. The van der Waals surface area contributed by atoms with E-state index in [1.807, 2.05) is 28.3 Å². The Morgan fingerprint density at radius 2 is 1.81 bits per heavy atom. The molecule has 4 heterocycles. The number of nitrogens with zero attached hydrogens (tertiary/aromatic N) is 4. The summed E-state index contributed by atoms with van der Waals surface area (Å²) in [6, 6.07) is 5.27. The molecule has 12 heteroatoms. The number of aromatic nitrogens is 1. The molecule has 0 unspecified atom stereocenters. The highest BCUT2D eigenvalue weighted by atomic mass is 32.1. The molecule has 0 spiro atoms. The molecule has 3 amide bonds. The number of Topliss-reactive ketones (excluding diaryl/α,β-unsaturated/α-hetero) is 1. The van der Waals surface area contributed by atoms with Gasteiger partial charge in [0.2, 0.25) is 0 Å². The number of pyridine rings is 1. The second kappa shape index (κ2) is 14.7. The number of likely N-dealkylation sites (N-methyl/N-ethyl adjacent to an activating group) is 1. The number of hydrogen-bond acceptors (Lipinski definition) is 9. The molecule has 1 fully saturated rings. The first-order valence-electron chi connectivity index (χ1n) is 14.1. The Hall–Kier alpha value is -3.32. The first-order chi connectivity index (χ1) is 20.1. The summed E-state index contributed by atoms with van der Waals surface area (Å²) in [6.45, 7) is 11.5. The summed E-state index contributed by atoms with van der Waals surface area (Å²) >= 11 is 2.93. The Kier molecular flexibility index (Phi) is 11.1. The van der Waals surface area contributed by atoms with Crippen molar-refractivity contribution in [3.05, 3.63) is 62.7 Å². The van der Waals surface area contributed by atoms with Crippen molar-refractivity contribution in [2.75, 3.05) is 56.9 Å². The maximum atomic E-state index is 13.2. The van der Waals surface area contributed by atoms with E-state index in [9.17, 15) is 14.4 Å². The minimum atomic E-state index is -0.619. The van der Waals surface area contributed by atoms with Crippen LogP contribution in [0.4, 0.5) is 21.0 Å². The van der Waals surface area contributed by atoms with Crippen LogP contribution in [0.25, 0.3) is 0 Å².